The van der Waals surface area contributed by atoms with Gasteiger partial charge in [-0.05, 0) is 105 Å². The summed E-state index contributed by atoms with van der Waals surface area (Å²) >= 11 is 0. The van der Waals surface area contributed by atoms with E-state index in [1.807, 2.05) is 19.9 Å². The second-order valence-electron chi connectivity index (χ2n) is 13.1. The molecule has 1 amide bonds. The zero-order chi connectivity index (χ0) is 28.4. The SMILES string of the molecule is C=CCC1CC(C)(C)NC1=O.C=CCC1CCC(C)(C)C1.CC(C)(C)OC(=O)OC(=O)OC(C)(C)C. The third-order valence-electron chi connectivity index (χ3n) is 5.56. The first-order chi connectivity index (χ1) is 16.2. The molecule has 2 rings (SSSR count). The molecule has 2 aliphatic rings. The van der Waals surface area contributed by atoms with Gasteiger partial charge in [-0.1, -0.05) is 26.0 Å². The third-order valence-corrected chi connectivity index (χ3v) is 5.56. The van der Waals surface area contributed by atoms with Gasteiger partial charge in [-0.3, -0.25) is 4.79 Å². The van der Waals surface area contributed by atoms with Crippen LogP contribution in [-0.4, -0.2) is 35.0 Å². The predicted octanol–water partition coefficient (Wildman–Crippen LogP) is 7.74. The molecule has 1 saturated heterocycles. The number of ether oxygens (including phenoxy) is 3. The summed E-state index contributed by atoms with van der Waals surface area (Å²) in [6.45, 7) is 26.3. The monoisotopic (exact) mass is 509 g/mol. The molecule has 7 heteroatoms. The number of nitrogens with one attached hydrogen (secondary N) is 1. The van der Waals surface area contributed by atoms with Crippen LogP contribution in [0.1, 0.15) is 108 Å². The third kappa shape index (κ3) is 16.4. The van der Waals surface area contributed by atoms with Gasteiger partial charge in [0.25, 0.3) is 0 Å². The first-order valence-corrected chi connectivity index (χ1v) is 12.9. The van der Waals surface area contributed by atoms with Crippen LogP contribution in [-0.2, 0) is 19.0 Å². The summed E-state index contributed by atoms with van der Waals surface area (Å²) in [5, 5.41) is 2.94. The van der Waals surface area contributed by atoms with E-state index in [1.54, 1.807) is 41.5 Å². The number of hydrogen-bond acceptors (Lipinski definition) is 6. The van der Waals surface area contributed by atoms with Crippen molar-refractivity contribution in [3.8, 4) is 0 Å². The molecule has 1 saturated carbocycles. The fourth-order valence-electron chi connectivity index (χ4n) is 4.21. The maximum atomic E-state index is 11.2. The van der Waals surface area contributed by atoms with E-state index in [2.05, 4.69) is 43.1 Å². The van der Waals surface area contributed by atoms with Gasteiger partial charge < -0.3 is 19.5 Å². The molecule has 0 aromatic carbocycles. The van der Waals surface area contributed by atoms with Gasteiger partial charge in [0.2, 0.25) is 5.91 Å². The highest BCUT2D eigenvalue weighted by Crippen LogP contribution is 2.42. The van der Waals surface area contributed by atoms with Crippen molar-refractivity contribution in [2.75, 3.05) is 0 Å². The van der Waals surface area contributed by atoms with E-state index in [0.717, 1.165) is 18.8 Å². The Labute approximate surface area is 219 Å². The number of amides is 1. The normalized spacial score (nSPS) is 22.0. The van der Waals surface area contributed by atoms with Crippen molar-refractivity contribution in [3.05, 3.63) is 25.3 Å². The molecule has 0 bridgehead atoms. The molecular weight excluding hydrogens is 458 g/mol. The van der Waals surface area contributed by atoms with E-state index in [4.69, 9.17) is 9.47 Å². The first-order valence-electron chi connectivity index (χ1n) is 12.9. The maximum absolute atomic E-state index is 11.2. The largest absolute Gasteiger partial charge is 0.519 e. The molecule has 2 unspecified atom stereocenters. The lowest BCUT2D eigenvalue weighted by atomic mass is 9.90. The summed E-state index contributed by atoms with van der Waals surface area (Å²) in [5.74, 6) is 1.27. The van der Waals surface area contributed by atoms with Gasteiger partial charge in [0.1, 0.15) is 11.2 Å². The molecule has 1 N–H and O–H groups in total. The average molecular weight is 510 g/mol. The summed E-state index contributed by atoms with van der Waals surface area (Å²) in [7, 11) is 0. The second-order valence-corrected chi connectivity index (χ2v) is 13.1. The van der Waals surface area contributed by atoms with Gasteiger partial charge in [0.05, 0.1) is 0 Å². The molecule has 0 radical (unpaired) electrons. The second kappa shape index (κ2) is 13.8. The molecule has 7 nitrogen and oxygen atoms in total. The van der Waals surface area contributed by atoms with Gasteiger partial charge in [0, 0.05) is 11.5 Å². The number of rotatable bonds is 4. The van der Waals surface area contributed by atoms with E-state index < -0.39 is 23.5 Å². The minimum absolute atomic E-state index is 0.00917. The number of allylic oxidation sites excluding steroid dienone is 2. The Bertz CT molecular complexity index is 729. The van der Waals surface area contributed by atoms with Crippen molar-refractivity contribution in [2.45, 2.75) is 125 Å². The van der Waals surface area contributed by atoms with Gasteiger partial charge in [-0.15, -0.1) is 13.2 Å². The average Bonchev–Trinajstić information content (AvgIpc) is 3.10. The number of carbonyl (C=O) groups excluding carboxylic acids is 3. The van der Waals surface area contributed by atoms with Gasteiger partial charge >= 0.3 is 12.3 Å². The summed E-state index contributed by atoms with van der Waals surface area (Å²) in [6, 6.07) is 0. The number of hydrogen-bond donors (Lipinski definition) is 1. The molecule has 1 aliphatic heterocycles. The molecule has 1 heterocycles. The summed E-state index contributed by atoms with van der Waals surface area (Å²) in [5.41, 5.74) is -0.781. The van der Waals surface area contributed by atoms with Crippen LogP contribution in [0, 0.1) is 17.3 Å². The predicted molar refractivity (Wildman–Crippen MR) is 145 cm³/mol. The summed E-state index contributed by atoms with van der Waals surface area (Å²) < 4.78 is 13.8. The molecule has 2 atom stereocenters. The topological polar surface area (TPSA) is 90.9 Å². The van der Waals surface area contributed by atoms with Gasteiger partial charge in [-0.25, -0.2) is 9.59 Å². The van der Waals surface area contributed by atoms with Crippen LogP contribution in [0.2, 0.25) is 0 Å². The minimum Gasteiger partial charge on any atom is -0.428 e. The lowest BCUT2D eigenvalue weighted by Crippen LogP contribution is -2.34. The quantitative estimate of drug-likeness (QED) is 0.237. The van der Waals surface area contributed by atoms with Crippen molar-refractivity contribution in [1.29, 1.82) is 0 Å². The molecule has 0 aromatic rings. The van der Waals surface area contributed by atoms with Crippen LogP contribution in [0.15, 0.2) is 25.3 Å². The Morgan fingerprint density at radius 2 is 1.39 bits per heavy atom. The highest BCUT2D eigenvalue weighted by Gasteiger charge is 2.36. The molecule has 2 fully saturated rings. The van der Waals surface area contributed by atoms with Crippen LogP contribution < -0.4 is 5.32 Å². The van der Waals surface area contributed by atoms with Crippen LogP contribution in [0.4, 0.5) is 9.59 Å². The Kier molecular flexibility index (Phi) is 13.0. The van der Waals surface area contributed by atoms with Gasteiger partial charge in [-0.2, -0.15) is 0 Å². The Morgan fingerprint density at radius 1 is 0.917 bits per heavy atom. The molecule has 0 spiro atoms. The van der Waals surface area contributed by atoms with Crippen LogP contribution in [0.25, 0.3) is 0 Å². The maximum Gasteiger partial charge on any atom is 0.519 e. The van der Waals surface area contributed by atoms with Crippen molar-refractivity contribution in [1.82, 2.24) is 5.32 Å². The lowest BCUT2D eigenvalue weighted by molar-refractivity contribution is -0.122. The Morgan fingerprint density at radius 3 is 1.69 bits per heavy atom. The fraction of sp³-hybridized carbons (Fsp3) is 0.759. The van der Waals surface area contributed by atoms with E-state index in [9.17, 15) is 14.4 Å². The molecule has 208 valence electrons. The van der Waals surface area contributed by atoms with Crippen LogP contribution in [0.5, 0.6) is 0 Å². The number of carbonyl (C=O) groups is 3. The lowest BCUT2D eigenvalue weighted by Gasteiger charge is -2.20. The summed E-state index contributed by atoms with van der Waals surface area (Å²) in [6.07, 6.45) is 8.94. The van der Waals surface area contributed by atoms with E-state index in [-0.39, 0.29) is 17.4 Å². The molecular formula is C29H51NO6. The van der Waals surface area contributed by atoms with Gasteiger partial charge in [0.15, 0.2) is 0 Å². The molecule has 0 aromatic heterocycles. The minimum atomic E-state index is -1.06. The molecule has 1 aliphatic carbocycles. The zero-order valence-electron chi connectivity index (χ0n) is 24.4. The van der Waals surface area contributed by atoms with Crippen molar-refractivity contribution >= 4 is 18.2 Å². The van der Waals surface area contributed by atoms with E-state index >= 15 is 0 Å². The van der Waals surface area contributed by atoms with E-state index in [1.165, 1.54) is 25.7 Å². The highest BCUT2D eigenvalue weighted by molar-refractivity contribution is 5.82. The van der Waals surface area contributed by atoms with E-state index in [0.29, 0.717) is 5.41 Å². The molecule has 36 heavy (non-hydrogen) atoms. The standard InChI is InChI=1S/C10H18O5.C10H18.C9H15NO/c1-9(2,3)14-7(11)13-8(12)15-10(4,5)6;1-4-5-9-6-7-10(2,3)8-9;1-4-5-7-6-9(2,3)10-8(7)11/h1-6H3;4,9H,1,5-8H2,2-3H3;4,7H,1,5-6H2,2-3H3,(H,10,11). The fourth-order valence-corrected chi connectivity index (χ4v) is 4.21. The van der Waals surface area contributed by atoms with Crippen molar-refractivity contribution in [2.24, 2.45) is 17.3 Å². The first kappa shape index (κ1) is 33.7. The van der Waals surface area contributed by atoms with Crippen molar-refractivity contribution < 1.29 is 28.6 Å². The Balaban J connectivity index is 0.000000522. The Hall–Kier alpha value is -2.31. The smallest absolute Gasteiger partial charge is 0.428 e. The van der Waals surface area contributed by atoms with Crippen LogP contribution >= 0.6 is 0 Å². The van der Waals surface area contributed by atoms with Crippen LogP contribution in [0.3, 0.4) is 0 Å². The van der Waals surface area contributed by atoms with Crippen molar-refractivity contribution in [3.63, 3.8) is 0 Å². The summed E-state index contributed by atoms with van der Waals surface area (Å²) in [4.78, 5) is 33.2. The zero-order valence-corrected chi connectivity index (χ0v) is 24.4. The highest BCUT2D eigenvalue weighted by atomic mass is 16.8.